The molecule has 2 saturated heterocycles. The summed E-state index contributed by atoms with van der Waals surface area (Å²) in [6.45, 7) is -0.788. The van der Waals surface area contributed by atoms with E-state index in [-0.39, 0.29) is 67.4 Å². The van der Waals surface area contributed by atoms with Crippen LogP contribution in [0.5, 0.6) is 0 Å². The van der Waals surface area contributed by atoms with Gasteiger partial charge < -0.3 is 51.6 Å². The molecular formula is C18H30AcN10O8. The Hall–Kier alpha value is -1.66. The largest absolute Gasteiger partial charge is 0.394 e. The molecule has 10 N–H and O–H groups in total. The molecule has 2 aliphatic rings. The third-order valence-electron chi connectivity index (χ3n) is 5.51. The summed E-state index contributed by atoms with van der Waals surface area (Å²) in [6.07, 6.45) is -5.65. The molecule has 2 fully saturated rings. The van der Waals surface area contributed by atoms with Crippen LogP contribution in [-0.2, 0) is 9.47 Å². The van der Waals surface area contributed by atoms with Gasteiger partial charge in [-0.3, -0.25) is 9.98 Å². The maximum absolute atomic E-state index is 9.78. The zero-order chi connectivity index (χ0) is 26.6. The maximum Gasteiger partial charge on any atom is 0.216 e. The van der Waals surface area contributed by atoms with Gasteiger partial charge in [0.05, 0.1) is 13.2 Å². The van der Waals surface area contributed by atoms with Gasteiger partial charge in [0.1, 0.15) is 49.3 Å². The minimum Gasteiger partial charge on any atom is -0.394 e. The monoisotopic (exact) mass is 741 g/mol. The molecule has 37 heavy (non-hydrogen) atoms. The smallest absolute Gasteiger partial charge is 0.216 e. The Morgan fingerprint density at radius 2 is 1.14 bits per heavy atom. The van der Waals surface area contributed by atoms with Gasteiger partial charge in [-0.05, 0) is 0 Å². The average Bonchev–Trinajstić information content (AvgIpc) is 3.67. The molecular weight excluding hydrogens is 711 g/mol. The van der Waals surface area contributed by atoms with Gasteiger partial charge >= 0.3 is 0 Å². The van der Waals surface area contributed by atoms with Crippen LogP contribution in [0.2, 0.25) is 0 Å². The van der Waals surface area contributed by atoms with E-state index in [1.54, 1.807) is 0 Å². The minimum absolute atomic E-state index is 0. The summed E-state index contributed by atoms with van der Waals surface area (Å²) in [4.78, 5) is 15.3. The van der Waals surface area contributed by atoms with Crippen molar-refractivity contribution < 1.29 is 84.2 Å². The summed E-state index contributed by atoms with van der Waals surface area (Å²) in [7, 11) is 3.00. The molecule has 2 aromatic rings. The predicted molar refractivity (Wildman–Crippen MR) is 119 cm³/mol. The fraction of sp³-hybridized carbons (Fsp3) is 0.667. The van der Waals surface area contributed by atoms with Gasteiger partial charge in [-0.2, -0.15) is 0 Å². The van der Waals surface area contributed by atoms with Gasteiger partial charge in [-0.1, -0.05) is 0 Å². The number of nitrogens with two attached hydrogens (primary N) is 2. The van der Waals surface area contributed by atoms with E-state index in [0.29, 0.717) is 0 Å². The number of aromatic nitrogens is 6. The van der Waals surface area contributed by atoms with Crippen molar-refractivity contribution in [3.63, 3.8) is 0 Å². The molecule has 2 aromatic heterocycles. The normalized spacial score (nSPS) is 32.1. The Morgan fingerprint density at radius 3 is 1.41 bits per heavy atom. The zero-order valence-electron chi connectivity index (χ0n) is 20.0. The summed E-state index contributed by atoms with van der Waals surface area (Å²) in [5, 5.41) is 64.7. The average molecular weight is 742 g/mol. The van der Waals surface area contributed by atoms with Crippen molar-refractivity contribution in [2.75, 3.05) is 27.3 Å². The number of ether oxygens (including phenoxy) is 2. The molecule has 19 heteroatoms. The number of nitrogens with zero attached hydrogens (tertiary/aromatic N) is 8. The van der Waals surface area contributed by atoms with Crippen LogP contribution in [0.3, 0.4) is 0 Å². The number of aliphatic hydroxyl groups excluding tert-OH is 6. The van der Waals surface area contributed by atoms with E-state index in [2.05, 4.69) is 30.2 Å². The van der Waals surface area contributed by atoms with Gasteiger partial charge in [0.25, 0.3) is 0 Å². The first-order valence-electron chi connectivity index (χ1n) is 10.7. The van der Waals surface area contributed by atoms with E-state index in [9.17, 15) is 20.4 Å². The van der Waals surface area contributed by atoms with Gasteiger partial charge in [-0.25, -0.2) is 19.3 Å². The molecule has 18 nitrogen and oxygen atoms in total. The van der Waals surface area contributed by atoms with Gasteiger partial charge in [0, 0.05) is 58.2 Å². The number of hydrogen-bond acceptors (Lipinski definition) is 14. The van der Waals surface area contributed by atoms with Crippen molar-refractivity contribution in [3.8, 4) is 0 Å². The van der Waals surface area contributed by atoms with Crippen LogP contribution >= 0.6 is 0 Å². The van der Waals surface area contributed by atoms with Gasteiger partial charge in [0.2, 0.25) is 11.6 Å². The van der Waals surface area contributed by atoms with Crippen molar-refractivity contribution in [1.29, 1.82) is 0 Å². The number of rotatable bonds is 6. The topological polar surface area (TPSA) is 278 Å². The number of aliphatic hydroxyl groups is 6. The summed E-state index contributed by atoms with van der Waals surface area (Å²) in [5.41, 5.74) is 11.1. The Kier molecular flexibility index (Phi) is 11.9. The molecule has 0 spiro atoms. The van der Waals surface area contributed by atoms with E-state index < -0.39 is 62.3 Å². The predicted octanol–water partition coefficient (Wildman–Crippen LogP) is -5.55. The quantitative estimate of drug-likeness (QED) is 0.101. The van der Waals surface area contributed by atoms with Crippen LogP contribution in [0, 0.1) is 44.1 Å². The SMILES string of the molecule is CN=C(N)c1ncn(C2OC(CO)C(O)C2O)n1.CN=C(N)c1ncn(C2OC(CO)C(O)C2O)n1.[Ac]. The van der Waals surface area contributed by atoms with Crippen LogP contribution in [0.25, 0.3) is 0 Å². The number of hydrogen-bond donors (Lipinski definition) is 8. The molecule has 0 saturated carbocycles. The molecule has 0 bridgehead atoms. The van der Waals surface area contributed by atoms with Crippen LogP contribution in [-0.4, -0.2) is 136 Å². The molecule has 4 rings (SSSR count). The van der Waals surface area contributed by atoms with Gasteiger partial charge in [-0.15, -0.1) is 10.2 Å². The van der Waals surface area contributed by atoms with E-state index >= 15 is 0 Å². The molecule has 8 unspecified atom stereocenters. The van der Waals surface area contributed by atoms with Crippen molar-refractivity contribution in [3.05, 3.63) is 24.3 Å². The number of aliphatic imine (C=N–C) groups is 2. The van der Waals surface area contributed by atoms with Crippen LogP contribution < -0.4 is 11.5 Å². The first-order valence-corrected chi connectivity index (χ1v) is 10.7. The fourth-order valence-electron chi connectivity index (χ4n) is 3.43. The summed E-state index contributed by atoms with van der Waals surface area (Å²) < 4.78 is 13.0. The molecule has 2 aliphatic heterocycles. The minimum atomic E-state index is -1.20. The van der Waals surface area contributed by atoms with E-state index in [1.807, 2.05) is 0 Å². The van der Waals surface area contributed by atoms with E-state index in [4.69, 9.17) is 31.2 Å². The molecule has 0 aromatic carbocycles. The summed E-state index contributed by atoms with van der Waals surface area (Å²) >= 11 is 0. The third-order valence-corrected chi connectivity index (χ3v) is 5.51. The zero-order valence-corrected chi connectivity index (χ0v) is 24.7. The Bertz CT molecular complexity index is 985. The van der Waals surface area contributed by atoms with Crippen molar-refractivity contribution in [2.45, 2.75) is 49.1 Å². The van der Waals surface area contributed by atoms with Crippen LogP contribution in [0.15, 0.2) is 22.6 Å². The fourth-order valence-corrected chi connectivity index (χ4v) is 3.43. The second kappa shape index (κ2) is 13.9. The van der Waals surface area contributed by atoms with Gasteiger partial charge in [0.15, 0.2) is 24.1 Å². The molecule has 203 valence electrons. The van der Waals surface area contributed by atoms with Crippen LogP contribution in [0.1, 0.15) is 24.1 Å². The molecule has 4 heterocycles. The van der Waals surface area contributed by atoms with Crippen molar-refractivity contribution in [2.24, 2.45) is 21.5 Å². The molecule has 8 atom stereocenters. The Balaban J connectivity index is 0.000000253. The Labute approximate surface area is 246 Å². The molecule has 0 amide bonds. The second-order valence-corrected chi connectivity index (χ2v) is 7.77. The summed E-state index contributed by atoms with van der Waals surface area (Å²) in [5.74, 6) is 0.714. The van der Waals surface area contributed by atoms with Crippen LogP contribution in [0.4, 0.5) is 0 Å². The van der Waals surface area contributed by atoms with E-state index in [1.165, 1.54) is 36.1 Å². The Morgan fingerprint density at radius 1 is 0.784 bits per heavy atom. The first kappa shape index (κ1) is 31.6. The molecule has 0 aliphatic carbocycles. The second-order valence-electron chi connectivity index (χ2n) is 7.77. The molecule has 1 radical (unpaired) electrons. The van der Waals surface area contributed by atoms with Crippen molar-refractivity contribution in [1.82, 2.24) is 29.5 Å². The third kappa shape index (κ3) is 6.86. The first-order chi connectivity index (χ1) is 17.2. The van der Waals surface area contributed by atoms with E-state index in [0.717, 1.165) is 0 Å². The maximum atomic E-state index is 9.78. The summed E-state index contributed by atoms with van der Waals surface area (Å²) in [6, 6.07) is 0. The number of amidine groups is 2. The van der Waals surface area contributed by atoms with Crippen molar-refractivity contribution >= 4 is 11.7 Å². The standard InChI is InChI=1S/2C9H15N5O4.Ac/c2*1-11-7(10)8-12-3-14(13-8)9-6(17)5(16)4(2-15)18-9;/h2*3-6,9,15-17H,2H2,1H3,(H2,10,11);.